The summed E-state index contributed by atoms with van der Waals surface area (Å²) < 4.78 is 0. The molecule has 0 aromatic rings. The van der Waals surface area contributed by atoms with Crippen molar-refractivity contribution in [2.24, 2.45) is 17.8 Å². The predicted molar refractivity (Wildman–Crippen MR) is 52.2 cm³/mol. The topological polar surface area (TPSA) is 20.3 Å². The molecule has 1 amide bonds. The molecule has 3 unspecified atom stereocenters. The van der Waals surface area contributed by atoms with Gasteiger partial charge in [-0.1, -0.05) is 13.8 Å². The third-order valence-corrected chi connectivity index (χ3v) is 3.89. The molecule has 0 radical (unpaired) electrons. The molecule has 1 aliphatic carbocycles. The summed E-state index contributed by atoms with van der Waals surface area (Å²) in [6.45, 7) is 4.43. The van der Waals surface area contributed by atoms with Crippen LogP contribution in [0.5, 0.6) is 0 Å². The lowest BCUT2D eigenvalue weighted by Gasteiger charge is -2.48. The Morgan fingerprint density at radius 2 is 2.08 bits per heavy atom. The molecule has 2 fully saturated rings. The maximum absolute atomic E-state index is 11.8. The van der Waals surface area contributed by atoms with Crippen molar-refractivity contribution < 1.29 is 4.79 Å². The van der Waals surface area contributed by atoms with Crippen molar-refractivity contribution in [3.63, 3.8) is 0 Å². The lowest BCUT2D eigenvalue weighted by Crippen LogP contribution is -2.54. The first-order chi connectivity index (χ1) is 6.11. The third-order valence-electron chi connectivity index (χ3n) is 3.89. The van der Waals surface area contributed by atoms with E-state index >= 15 is 0 Å². The van der Waals surface area contributed by atoms with Gasteiger partial charge in [0.15, 0.2) is 0 Å². The Labute approximate surface area is 80.3 Å². The quantitative estimate of drug-likeness (QED) is 0.605. The molecule has 2 aliphatic rings. The Bertz CT molecular complexity index is 224. The van der Waals surface area contributed by atoms with Crippen molar-refractivity contribution in [1.82, 2.24) is 4.90 Å². The predicted octanol–water partition coefficient (Wildman–Crippen LogP) is 1.90. The molecule has 2 nitrogen and oxygen atoms in total. The van der Waals surface area contributed by atoms with Crippen LogP contribution >= 0.6 is 0 Å². The zero-order chi connectivity index (χ0) is 9.59. The number of likely N-dealkylation sites (tertiary alicyclic amines) is 1. The molecule has 0 bridgehead atoms. The minimum absolute atomic E-state index is 0.389. The van der Waals surface area contributed by atoms with E-state index < -0.39 is 0 Å². The lowest BCUT2D eigenvalue weighted by molar-refractivity contribution is -0.150. The first-order valence-corrected chi connectivity index (χ1v) is 5.38. The minimum atomic E-state index is 0.389. The van der Waals surface area contributed by atoms with E-state index in [0.717, 1.165) is 12.3 Å². The molecule has 0 aromatic heterocycles. The molecular formula is C11H19NO. The third kappa shape index (κ3) is 1.27. The van der Waals surface area contributed by atoms with E-state index in [0.29, 0.717) is 23.8 Å². The largest absolute Gasteiger partial charge is 0.342 e. The van der Waals surface area contributed by atoms with Crippen molar-refractivity contribution in [2.45, 2.75) is 39.2 Å². The van der Waals surface area contributed by atoms with Crippen molar-refractivity contribution in [3.8, 4) is 0 Å². The van der Waals surface area contributed by atoms with Crippen LogP contribution < -0.4 is 0 Å². The number of nitrogens with zero attached hydrogens (tertiary/aromatic N) is 1. The van der Waals surface area contributed by atoms with Gasteiger partial charge in [-0.3, -0.25) is 4.79 Å². The Morgan fingerprint density at radius 1 is 1.38 bits per heavy atom. The highest BCUT2D eigenvalue weighted by atomic mass is 16.2. The number of amides is 1. The molecule has 1 saturated heterocycles. The molecule has 3 atom stereocenters. The summed E-state index contributed by atoms with van der Waals surface area (Å²) in [5.41, 5.74) is 0. The molecule has 2 rings (SSSR count). The minimum Gasteiger partial charge on any atom is -0.342 e. The number of fused-ring (bicyclic) bond motifs is 1. The van der Waals surface area contributed by atoms with Gasteiger partial charge in [-0.25, -0.2) is 0 Å². The second-order valence-electron chi connectivity index (χ2n) is 4.94. The van der Waals surface area contributed by atoms with Crippen molar-refractivity contribution in [3.05, 3.63) is 0 Å². The van der Waals surface area contributed by atoms with Crippen LogP contribution in [-0.2, 0) is 4.79 Å². The highest BCUT2D eigenvalue weighted by Crippen LogP contribution is 2.44. The van der Waals surface area contributed by atoms with Crippen LogP contribution in [0.15, 0.2) is 0 Å². The van der Waals surface area contributed by atoms with Crippen LogP contribution in [0.4, 0.5) is 0 Å². The molecule has 1 saturated carbocycles. The summed E-state index contributed by atoms with van der Waals surface area (Å²) >= 11 is 0. The summed E-state index contributed by atoms with van der Waals surface area (Å²) in [5, 5.41) is 0. The van der Waals surface area contributed by atoms with Crippen LogP contribution in [0.25, 0.3) is 0 Å². The number of carbonyl (C=O) groups excluding carboxylic acids is 1. The Balaban J connectivity index is 2.11. The second kappa shape index (κ2) is 3.00. The first kappa shape index (κ1) is 9.04. The Kier molecular flexibility index (Phi) is 2.09. The van der Waals surface area contributed by atoms with Gasteiger partial charge in [-0.05, 0) is 31.1 Å². The number of piperidine rings is 1. The van der Waals surface area contributed by atoms with E-state index in [9.17, 15) is 4.79 Å². The Hall–Kier alpha value is -0.530. The molecule has 0 spiro atoms. The maximum atomic E-state index is 11.8. The van der Waals surface area contributed by atoms with Crippen molar-refractivity contribution in [2.75, 3.05) is 7.05 Å². The van der Waals surface area contributed by atoms with Crippen molar-refractivity contribution >= 4 is 5.91 Å². The van der Waals surface area contributed by atoms with E-state index in [1.165, 1.54) is 12.8 Å². The van der Waals surface area contributed by atoms with Crippen LogP contribution in [-0.4, -0.2) is 23.9 Å². The first-order valence-electron chi connectivity index (χ1n) is 5.38. The molecule has 13 heavy (non-hydrogen) atoms. The second-order valence-corrected chi connectivity index (χ2v) is 4.94. The van der Waals surface area contributed by atoms with Gasteiger partial charge in [0.25, 0.3) is 0 Å². The zero-order valence-electron chi connectivity index (χ0n) is 8.79. The van der Waals surface area contributed by atoms with Gasteiger partial charge in [-0.2, -0.15) is 0 Å². The zero-order valence-corrected chi connectivity index (χ0v) is 8.79. The molecule has 74 valence electrons. The van der Waals surface area contributed by atoms with Gasteiger partial charge in [0, 0.05) is 19.0 Å². The van der Waals surface area contributed by atoms with E-state index in [1.54, 1.807) is 0 Å². The molecule has 2 heteroatoms. The standard InChI is InChI=1S/C11H19NO/c1-7(2)10-6-8-4-5-9(8)11(13)12(10)3/h7-10H,4-6H2,1-3H3. The van der Waals surface area contributed by atoms with E-state index in [1.807, 2.05) is 11.9 Å². The maximum Gasteiger partial charge on any atom is 0.225 e. The number of rotatable bonds is 1. The number of hydrogen-bond donors (Lipinski definition) is 0. The highest BCUT2D eigenvalue weighted by molar-refractivity contribution is 5.81. The summed E-state index contributed by atoms with van der Waals surface area (Å²) in [7, 11) is 1.97. The van der Waals surface area contributed by atoms with Crippen LogP contribution in [0.2, 0.25) is 0 Å². The fourth-order valence-electron chi connectivity index (χ4n) is 2.79. The smallest absolute Gasteiger partial charge is 0.225 e. The molecule has 0 N–H and O–H groups in total. The summed E-state index contributed by atoms with van der Waals surface area (Å²) in [6.07, 6.45) is 3.66. The molecule has 0 aromatic carbocycles. The van der Waals surface area contributed by atoms with Crippen LogP contribution in [0, 0.1) is 17.8 Å². The van der Waals surface area contributed by atoms with E-state index in [2.05, 4.69) is 13.8 Å². The fraction of sp³-hybridized carbons (Fsp3) is 0.909. The van der Waals surface area contributed by atoms with E-state index in [-0.39, 0.29) is 0 Å². The monoisotopic (exact) mass is 181 g/mol. The van der Waals surface area contributed by atoms with Gasteiger partial charge >= 0.3 is 0 Å². The highest BCUT2D eigenvalue weighted by Gasteiger charge is 2.45. The van der Waals surface area contributed by atoms with Gasteiger partial charge in [0.05, 0.1) is 0 Å². The lowest BCUT2D eigenvalue weighted by atomic mass is 9.66. The SMILES string of the molecule is CC(C)C1CC2CCC2C(=O)N1C. The number of carbonyl (C=O) groups is 1. The van der Waals surface area contributed by atoms with Gasteiger partial charge in [-0.15, -0.1) is 0 Å². The normalized spacial score (nSPS) is 38.9. The van der Waals surface area contributed by atoms with E-state index in [4.69, 9.17) is 0 Å². The molecular weight excluding hydrogens is 162 g/mol. The Morgan fingerprint density at radius 3 is 2.54 bits per heavy atom. The summed E-state index contributed by atoms with van der Waals surface area (Å²) in [4.78, 5) is 13.8. The molecule has 1 heterocycles. The fourth-order valence-corrected chi connectivity index (χ4v) is 2.79. The average Bonchev–Trinajstić information content (AvgIpc) is 1.99. The van der Waals surface area contributed by atoms with Crippen LogP contribution in [0.3, 0.4) is 0 Å². The van der Waals surface area contributed by atoms with Gasteiger partial charge in [0.2, 0.25) is 5.91 Å². The average molecular weight is 181 g/mol. The summed E-state index contributed by atoms with van der Waals surface area (Å²) in [6, 6.07) is 0.494. The van der Waals surface area contributed by atoms with Crippen molar-refractivity contribution in [1.29, 1.82) is 0 Å². The van der Waals surface area contributed by atoms with Crippen LogP contribution in [0.1, 0.15) is 33.1 Å². The van der Waals surface area contributed by atoms with Gasteiger partial charge in [0.1, 0.15) is 0 Å². The van der Waals surface area contributed by atoms with Gasteiger partial charge < -0.3 is 4.90 Å². The number of hydrogen-bond acceptors (Lipinski definition) is 1. The molecule has 1 aliphatic heterocycles. The summed E-state index contributed by atoms with van der Waals surface area (Å²) in [5.74, 6) is 2.12.